The first-order valence-electron chi connectivity index (χ1n) is 10.6. The molecule has 1 saturated heterocycles. The summed E-state index contributed by atoms with van der Waals surface area (Å²) in [5, 5.41) is 3.06. The predicted octanol–water partition coefficient (Wildman–Crippen LogP) is 1.73. The first-order valence-corrected chi connectivity index (χ1v) is 12.0. The quantitative estimate of drug-likeness (QED) is 0.508. The minimum absolute atomic E-state index is 0.0341. The highest BCUT2D eigenvalue weighted by Gasteiger charge is 2.27. The van der Waals surface area contributed by atoms with Crippen molar-refractivity contribution in [1.82, 2.24) is 9.29 Å². The van der Waals surface area contributed by atoms with E-state index in [1.165, 1.54) is 35.5 Å². The number of carbonyl (C=O) groups excluding carboxylic acids is 2. The van der Waals surface area contributed by atoms with Crippen LogP contribution in [0.25, 0.3) is 10.9 Å². The minimum atomic E-state index is -3.74. The number of amides is 1. The topological polar surface area (TPSA) is 135 Å². The molecule has 4 rings (SSSR count). The molecule has 34 heavy (non-hydrogen) atoms. The van der Waals surface area contributed by atoms with Crippen molar-refractivity contribution in [3.05, 3.63) is 70.5 Å². The van der Waals surface area contributed by atoms with E-state index in [9.17, 15) is 22.8 Å². The maximum Gasteiger partial charge on any atom is 0.339 e. The second kappa shape index (κ2) is 9.75. The van der Waals surface area contributed by atoms with Crippen LogP contribution in [0.2, 0.25) is 0 Å². The molecule has 178 valence electrons. The highest BCUT2D eigenvalue weighted by Crippen LogP contribution is 2.21. The van der Waals surface area contributed by atoms with Gasteiger partial charge in [0.15, 0.2) is 6.10 Å². The summed E-state index contributed by atoms with van der Waals surface area (Å²) in [6, 6.07) is 13.7. The maximum atomic E-state index is 12.9. The van der Waals surface area contributed by atoms with E-state index < -0.39 is 33.6 Å². The van der Waals surface area contributed by atoms with Crippen LogP contribution in [0.4, 0.5) is 5.69 Å². The number of pyridine rings is 1. The van der Waals surface area contributed by atoms with Gasteiger partial charge in [0.1, 0.15) is 0 Å². The number of benzene rings is 2. The van der Waals surface area contributed by atoms with Gasteiger partial charge in [0.05, 0.1) is 23.7 Å². The van der Waals surface area contributed by atoms with Crippen molar-refractivity contribution in [3.8, 4) is 0 Å². The number of fused-ring (bicyclic) bond motifs is 1. The Kier molecular flexibility index (Phi) is 6.77. The molecule has 0 unspecified atom stereocenters. The summed E-state index contributed by atoms with van der Waals surface area (Å²) in [6.45, 7) is 2.53. The van der Waals surface area contributed by atoms with E-state index in [2.05, 4.69) is 10.3 Å². The first-order chi connectivity index (χ1) is 16.3. The second-order valence-corrected chi connectivity index (χ2v) is 9.61. The molecule has 1 aliphatic rings. The molecule has 2 N–H and O–H groups in total. The Bertz CT molecular complexity index is 1390. The lowest BCUT2D eigenvalue weighted by Gasteiger charge is -2.26. The monoisotopic (exact) mass is 485 g/mol. The smallest absolute Gasteiger partial charge is 0.339 e. The molecule has 0 saturated carbocycles. The Morgan fingerprint density at radius 3 is 2.59 bits per heavy atom. The fraction of sp³-hybridized carbons (Fsp3) is 0.261. The van der Waals surface area contributed by atoms with Crippen molar-refractivity contribution in [1.29, 1.82) is 0 Å². The predicted molar refractivity (Wildman–Crippen MR) is 124 cm³/mol. The molecular formula is C23H23N3O7S. The molecular weight excluding hydrogens is 462 g/mol. The molecule has 1 aromatic heterocycles. The zero-order chi connectivity index (χ0) is 24.3. The molecule has 1 amide bonds. The molecule has 1 fully saturated rings. The summed E-state index contributed by atoms with van der Waals surface area (Å²) in [5.74, 6) is -1.47. The third-order valence-electron chi connectivity index (χ3n) is 5.33. The highest BCUT2D eigenvalue weighted by molar-refractivity contribution is 7.89. The summed E-state index contributed by atoms with van der Waals surface area (Å²) in [4.78, 5) is 39.9. The molecule has 0 aliphatic carbocycles. The Morgan fingerprint density at radius 1 is 1.09 bits per heavy atom. The van der Waals surface area contributed by atoms with Gasteiger partial charge in [-0.05, 0) is 31.2 Å². The lowest BCUT2D eigenvalue weighted by molar-refractivity contribution is -0.123. The van der Waals surface area contributed by atoms with Gasteiger partial charge in [-0.2, -0.15) is 4.31 Å². The summed E-state index contributed by atoms with van der Waals surface area (Å²) in [6.07, 6.45) is -1.20. The van der Waals surface area contributed by atoms with Crippen LogP contribution in [0.5, 0.6) is 0 Å². The van der Waals surface area contributed by atoms with Crippen LogP contribution in [0.1, 0.15) is 17.3 Å². The van der Waals surface area contributed by atoms with Crippen molar-refractivity contribution in [3.63, 3.8) is 0 Å². The van der Waals surface area contributed by atoms with E-state index in [1.807, 2.05) is 0 Å². The number of aromatic amines is 1. The number of nitrogens with zero attached hydrogens (tertiary/aromatic N) is 1. The fourth-order valence-corrected chi connectivity index (χ4v) is 5.02. The zero-order valence-corrected chi connectivity index (χ0v) is 19.1. The molecule has 0 bridgehead atoms. The highest BCUT2D eigenvalue weighted by atomic mass is 32.2. The van der Waals surface area contributed by atoms with Gasteiger partial charge in [0.25, 0.3) is 5.91 Å². The maximum absolute atomic E-state index is 12.9. The van der Waals surface area contributed by atoms with Crippen LogP contribution in [0, 0.1) is 0 Å². The van der Waals surface area contributed by atoms with Crippen molar-refractivity contribution < 1.29 is 27.5 Å². The number of carbonyl (C=O) groups is 2. The number of hydrogen-bond acceptors (Lipinski definition) is 7. The molecule has 3 aromatic rings. The molecule has 2 aromatic carbocycles. The van der Waals surface area contributed by atoms with Crippen LogP contribution in [0.3, 0.4) is 0 Å². The number of para-hydroxylation sites is 1. The lowest BCUT2D eigenvalue weighted by atomic mass is 10.1. The second-order valence-electron chi connectivity index (χ2n) is 7.67. The number of nitrogens with one attached hydrogen (secondary N) is 2. The van der Waals surface area contributed by atoms with Crippen LogP contribution >= 0.6 is 0 Å². The number of aromatic nitrogens is 1. The standard InChI is InChI=1S/C23H23N3O7S/c1-15(33-23(29)19-14-21(27)25-20-8-3-2-7-18(19)20)22(28)24-16-5-4-6-17(13-16)34(30,31)26-9-11-32-12-10-26/h2-8,13-15H,9-12H2,1H3,(H,24,28)(H,25,27)/t15-/m0/s1. The van der Waals surface area contributed by atoms with Gasteiger partial charge in [0, 0.05) is 35.7 Å². The first kappa shape index (κ1) is 23.6. The van der Waals surface area contributed by atoms with Gasteiger partial charge in [-0.25, -0.2) is 13.2 Å². The van der Waals surface area contributed by atoms with Gasteiger partial charge in [-0.1, -0.05) is 24.3 Å². The number of rotatable bonds is 6. The number of sulfonamides is 1. The number of hydrogen-bond donors (Lipinski definition) is 2. The molecule has 10 nitrogen and oxygen atoms in total. The Labute approximate surface area is 195 Å². The summed E-state index contributed by atoms with van der Waals surface area (Å²) in [7, 11) is -3.74. The third-order valence-corrected chi connectivity index (χ3v) is 7.23. The van der Waals surface area contributed by atoms with E-state index in [0.29, 0.717) is 24.1 Å². The Balaban J connectivity index is 1.47. The molecule has 1 atom stereocenters. The van der Waals surface area contributed by atoms with Gasteiger partial charge in [-0.3, -0.25) is 9.59 Å². The van der Waals surface area contributed by atoms with Crippen molar-refractivity contribution in [2.75, 3.05) is 31.6 Å². The van der Waals surface area contributed by atoms with Gasteiger partial charge < -0.3 is 19.8 Å². The van der Waals surface area contributed by atoms with Crippen molar-refractivity contribution >= 4 is 38.5 Å². The summed E-state index contributed by atoms with van der Waals surface area (Å²) < 4.78 is 37.5. The number of esters is 1. The van der Waals surface area contributed by atoms with Gasteiger partial charge >= 0.3 is 5.97 Å². The normalized spacial score (nSPS) is 15.6. The van der Waals surface area contributed by atoms with E-state index in [-0.39, 0.29) is 29.2 Å². The van der Waals surface area contributed by atoms with Crippen LogP contribution in [-0.2, 0) is 24.3 Å². The number of morpholine rings is 1. The average molecular weight is 486 g/mol. The van der Waals surface area contributed by atoms with E-state index in [0.717, 1.165) is 6.07 Å². The van der Waals surface area contributed by atoms with Gasteiger partial charge in [-0.15, -0.1) is 0 Å². The average Bonchev–Trinajstić information content (AvgIpc) is 2.84. The fourth-order valence-electron chi connectivity index (χ4n) is 3.57. The van der Waals surface area contributed by atoms with E-state index in [1.54, 1.807) is 24.3 Å². The number of H-pyrrole nitrogens is 1. The van der Waals surface area contributed by atoms with E-state index in [4.69, 9.17) is 9.47 Å². The molecule has 1 aliphatic heterocycles. The van der Waals surface area contributed by atoms with E-state index >= 15 is 0 Å². The largest absolute Gasteiger partial charge is 0.449 e. The molecule has 2 heterocycles. The van der Waals surface area contributed by atoms with Gasteiger partial charge in [0.2, 0.25) is 15.6 Å². The number of ether oxygens (including phenoxy) is 2. The zero-order valence-electron chi connectivity index (χ0n) is 18.3. The van der Waals surface area contributed by atoms with Crippen molar-refractivity contribution in [2.24, 2.45) is 0 Å². The molecule has 0 radical (unpaired) electrons. The number of anilines is 1. The van der Waals surface area contributed by atoms with Crippen LogP contribution < -0.4 is 10.9 Å². The Hall–Kier alpha value is -3.54. The lowest BCUT2D eigenvalue weighted by Crippen LogP contribution is -2.40. The SMILES string of the molecule is C[C@H](OC(=O)c1cc(=O)[nH]c2ccccc12)C(=O)Nc1cccc(S(=O)(=O)N2CCOCC2)c1. The summed E-state index contributed by atoms with van der Waals surface area (Å²) >= 11 is 0. The molecule has 0 spiro atoms. The Morgan fingerprint density at radius 2 is 1.82 bits per heavy atom. The molecule has 11 heteroatoms. The summed E-state index contributed by atoms with van der Waals surface area (Å²) in [5.41, 5.74) is 0.278. The van der Waals surface area contributed by atoms with Crippen molar-refractivity contribution in [2.45, 2.75) is 17.9 Å². The van der Waals surface area contributed by atoms with Crippen LogP contribution in [0.15, 0.2) is 64.3 Å². The minimum Gasteiger partial charge on any atom is -0.449 e. The van der Waals surface area contributed by atoms with Crippen LogP contribution in [-0.4, -0.2) is 62.0 Å². The third kappa shape index (κ3) is 5.01.